The maximum absolute atomic E-state index is 13.7. The van der Waals surface area contributed by atoms with Crippen LogP contribution in [0, 0.1) is 17.1 Å². The van der Waals surface area contributed by atoms with Crippen LogP contribution < -0.4 is 5.32 Å². The number of nitriles is 1. The summed E-state index contributed by atoms with van der Waals surface area (Å²) in [6.07, 6.45) is 6.12. The minimum atomic E-state index is -0.369. The van der Waals surface area contributed by atoms with Gasteiger partial charge in [-0.2, -0.15) is 5.26 Å². The van der Waals surface area contributed by atoms with Gasteiger partial charge in [-0.1, -0.05) is 57.9 Å². The van der Waals surface area contributed by atoms with Gasteiger partial charge in [0.15, 0.2) is 0 Å². The fourth-order valence-corrected chi connectivity index (χ4v) is 5.72. The first-order chi connectivity index (χ1) is 16.2. The SMILES string of the molecule is C=C(C(=O)NC1(CCN2Cc3cc(C#N)ccc3C(C)(C)C2)CCCCC1)c1cccc(F)c1. The van der Waals surface area contributed by atoms with Gasteiger partial charge in [0, 0.05) is 36.2 Å². The topological polar surface area (TPSA) is 56.1 Å². The number of fused-ring (bicyclic) bond motifs is 1. The molecule has 1 N–H and O–H groups in total. The summed E-state index contributed by atoms with van der Waals surface area (Å²) in [6.45, 7) is 11.1. The second-order valence-electron chi connectivity index (χ2n) is 10.6. The van der Waals surface area contributed by atoms with Gasteiger partial charge in [0.05, 0.1) is 11.6 Å². The maximum Gasteiger partial charge on any atom is 0.251 e. The number of halogens is 1. The molecule has 178 valence electrons. The zero-order chi connectivity index (χ0) is 24.3. The van der Waals surface area contributed by atoms with E-state index < -0.39 is 0 Å². The third kappa shape index (κ3) is 5.23. The van der Waals surface area contributed by atoms with Crippen LogP contribution in [0.3, 0.4) is 0 Å². The van der Waals surface area contributed by atoms with Crippen molar-refractivity contribution < 1.29 is 9.18 Å². The minimum absolute atomic E-state index is 0.00376. The van der Waals surface area contributed by atoms with E-state index in [0.29, 0.717) is 16.7 Å². The van der Waals surface area contributed by atoms with Crippen LogP contribution in [0.2, 0.25) is 0 Å². The fourth-order valence-electron chi connectivity index (χ4n) is 5.72. The zero-order valence-corrected chi connectivity index (χ0v) is 20.3. The van der Waals surface area contributed by atoms with Crippen LogP contribution in [0.25, 0.3) is 5.57 Å². The standard InChI is InChI=1S/C29H34FN3O/c1-21(23-8-7-9-25(30)17-23)27(34)32-29(12-5-4-6-13-29)14-15-33-19-24-16-22(18-31)10-11-26(24)28(2,3)20-33/h7-11,16-17H,1,4-6,12-15,19-20H2,2-3H3,(H,32,34). The lowest BCUT2D eigenvalue weighted by Gasteiger charge is -2.43. The van der Waals surface area contributed by atoms with Gasteiger partial charge in [-0.15, -0.1) is 0 Å². The second-order valence-corrected chi connectivity index (χ2v) is 10.6. The summed E-state index contributed by atoms with van der Waals surface area (Å²) in [5.74, 6) is -0.582. The summed E-state index contributed by atoms with van der Waals surface area (Å²) in [5.41, 5.74) is 3.78. The van der Waals surface area contributed by atoms with Gasteiger partial charge in [-0.05, 0) is 60.2 Å². The minimum Gasteiger partial charge on any atom is -0.347 e. The Bertz CT molecular complexity index is 1120. The molecule has 0 bridgehead atoms. The van der Waals surface area contributed by atoms with Crippen molar-refractivity contribution in [2.24, 2.45) is 0 Å². The number of rotatable bonds is 6. The zero-order valence-electron chi connectivity index (χ0n) is 20.3. The summed E-state index contributed by atoms with van der Waals surface area (Å²) in [4.78, 5) is 15.6. The van der Waals surface area contributed by atoms with Crippen molar-refractivity contribution in [1.29, 1.82) is 5.26 Å². The van der Waals surface area contributed by atoms with E-state index in [1.165, 1.54) is 29.7 Å². The van der Waals surface area contributed by atoms with Gasteiger partial charge < -0.3 is 5.32 Å². The van der Waals surface area contributed by atoms with Crippen molar-refractivity contribution in [3.63, 3.8) is 0 Å². The first-order valence-electron chi connectivity index (χ1n) is 12.2. The summed E-state index contributed by atoms with van der Waals surface area (Å²) >= 11 is 0. The predicted molar refractivity (Wildman–Crippen MR) is 133 cm³/mol. The predicted octanol–water partition coefficient (Wildman–Crippen LogP) is 5.71. The van der Waals surface area contributed by atoms with Crippen LogP contribution in [0.4, 0.5) is 4.39 Å². The molecular formula is C29H34FN3O. The van der Waals surface area contributed by atoms with E-state index >= 15 is 0 Å². The van der Waals surface area contributed by atoms with Gasteiger partial charge in [-0.25, -0.2) is 4.39 Å². The first-order valence-corrected chi connectivity index (χ1v) is 12.2. The number of hydrogen-bond acceptors (Lipinski definition) is 3. The number of carbonyl (C=O) groups is 1. The molecule has 1 amide bonds. The summed E-state index contributed by atoms with van der Waals surface area (Å²) < 4.78 is 13.7. The van der Waals surface area contributed by atoms with E-state index in [9.17, 15) is 14.4 Å². The van der Waals surface area contributed by atoms with Crippen LogP contribution >= 0.6 is 0 Å². The second kappa shape index (κ2) is 9.72. The Kier molecular flexibility index (Phi) is 6.91. The van der Waals surface area contributed by atoms with E-state index in [1.807, 2.05) is 12.1 Å². The summed E-state index contributed by atoms with van der Waals surface area (Å²) in [5, 5.41) is 12.7. The molecule has 2 aromatic rings. The van der Waals surface area contributed by atoms with Gasteiger partial charge in [0.2, 0.25) is 0 Å². The molecule has 1 aliphatic carbocycles. The number of nitrogens with one attached hydrogen (secondary N) is 1. The molecule has 34 heavy (non-hydrogen) atoms. The van der Waals surface area contributed by atoms with Crippen LogP contribution in [0.1, 0.15) is 74.6 Å². The number of carbonyl (C=O) groups excluding carboxylic acids is 1. The molecule has 0 atom stereocenters. The third-order valence-corrected chi connectivity index (χ3v) is 7.52. The van der Waals surface area contributed by atoms with E-state index in [0.717, 1.165) is 51.7 Å². The van der Waals surface area contributed by atoms with Crippen molar-refractivity contribution in [2.45, 2.75) is 69.9 Å². The lowest BCUT2D eigenvalue weighted by Crippen LogP contribution is -2.52. The van der Waals surface area contributed by atoms with Gasteiger partial charge in [0.25, 0.3) is 5.91 Å². The van der Waals surface area contributed by atoms with Crippen molar-refractivity contribution in [3.05, 3.63) is 77.1 Å². The number of amides is 1. The Hall–Kier alpha value is -2.97. The molecule has 1 saturated carbocycles. The number of hydrogen-bond donors (Lipinski definition) is 1. The average Bonchev–Trinajstić information content (AvgIpc) is 2.82. The smallest absolute Gasteiger partial charge is 0.251 e. The molecule has 0 saturated heterocycles. The van der Waals surface area contributed by atoms with E-state index in [-0.39, 0.29) is 22.7 Å². The van der Waals surface area contributed by atoms with Crippen LogP contribution in [0.15, 0.2) is 49.0 Å². The Morgan fingerprint density at radius 1 is 1.18 bits per heavy atom. The lowest BCUT2D eigenvalue weighted by molar-refractivity contribution is -0.118. The fraction of sp³-hybridized carbons (Fsp3) is 0.448. The number of nitrogens with zero attached hydrogens (tertiary/aromatic N) is 2. The highest BCUT2D eigenvalue weighted by molar-refractivity contribution is 6.18. The highest BCUT2D eigenvalue weighted by atomic mass is 19.1. The Labute approximate surface area is 202 Å². The largest absolute Gasteiger partial charge is 0.347 e. The molecule has 2 aliphatic rings. The molecule has 0 aromatic heterocycles. The Morgan fingerprint density at radius 3 is 2.65 bits per heavy atom. The van der Waals surface area contributed by atoms with Crippen molar-refractivity contribution in [1.82, 2.24) is 10.2 Å². The van der Waals surface area contributed by atoms with E-state index in [2.05, 4.69) is 42.8 Å². The van der Waals surface area contributed by atoms with E-state index in [1.54, 1.807) is 12.1 Å². The highest BCUT2D eigenvalue weighted by Gasteiger charge is 2.37. The average molecular weight is 460 g/mol. The van der Waals surface area contributed by atoms with Crippen LogP contribution in [-0.4, -0.2) is 29.4 Å². The molecule has 0 unspecified atom stereocenters. The van der Waals surface area contributed by atoms with Crippen LogP contribution in [0.5, 0.6) is 0 Å². The van der Waals surface area contributed by atoms with Crippen molar-refractivity contribution in [2.75, 3.05) is 13.1 Å². The molecule has 2 aromatic carbocycles. The molecule has 1 heterocycles. The third-order valence-electron chi connectivity index (χ3n) is 7.52. The normalized spacial score (nSPS) is 19.0. The van der Waals surface area contributed by atoms with Crippen molar-refractivity contribution >= 4 is 11.5 Å². The molecule has 4 nitrogen and oxygen atoms in total. The first kappa shape index (κ1) is 24.2. The van der Waals surface area contributed by atoms with Crippen molar-refractivity contribution in [3.8, 4) is 6.07 Å². The number of benzene rings is 2. The summed E-state index contributed by atoms with van der Waals surface area (Å²) in [6, 6.07) is 14.4. The lowest BCUT2D eigenvalue weighted by atomic mass is 9.76. The molecular weight excluding hydrogens is 425 g/mol. The molecule has 0 spiro atoms. The van der Waals surface area contributed by atoms with Gasteiger partial charge in [-0.3, -0.25) is 9.69 Å². The van der Waals surface area contributed by atoms with Crippen LogP contribution in [-0.2, 0) is 16.8 Å². The maximum atomic E-state index is 13.7. The summed E-state index contributed by atoms with van der Waals surface area (Å²) in [7, 11) is 0. The molecule has 1 aliphatic heterocycles. The molecule has 1 fully saturated rings. The molecule has 0 radical (unpaired) electrons. The Morgan fingerprint density at radius 2 is 1.94 bits per heavy atom. The Balaban J connectivity index is 1.48. The quantitative estimate of drug-likeness (QED) is 0.563. The molecule has 4 rings (SSSR count). The molecule has 5 heteroatoms. The highest BCUT2D eigenvalue weighted by Crippen LogP contribution is 2.36. The van der Waals surface area contributed by atoms with Gasteiger partial charge >= 0.3 is 0 Å². The monoisotopic (exact) mass is 459 g/mol. The van der Waals surface area contributed by atoms with Gasteiger partial charge in [0.1, 0.15) is 5.82 Å². The van der Waals surface area contributed by atoms with E-state index in [4.69, 9.17) is 0 Å².